The summed E-state index contributed by atoms with van der Waals surface area (Å²) in [6, 6.07) is 21.2. The van der Waals surface area contributed by atoms with Gasteiger partial charge in [-0.25, -0.2) is 5.43 Å². The largest absolute Gasteiger partial charge is 0.506 e. The van der Waals surface area contributed by atoms with Gasteiger partial charge in [0.05, 0.1) is 25.8 Å². The van der Waals surface area contributed by atoms with Crippen LogP contribution in [0.2, 0.25) is 0 Å². The zero-order valence-electron chi connectivity index (χ0n) is 16.3. The molecule has 6 nitrogen and oxygen atoms in total. The summed E-state index contributed by atoms with van der Waals surface area (Å²) in [7, 11) is 0. The summed E-state index contributed by atoms with van der Waals surface area (Å²) in [5, 5.41) is 16.8. The highest BCUT2D eigenvalue weighted by Gasteiger charge is 2.19. The molecule has 3 aromatic carbocycles. The van der Waals surface area contributed by atoms with Crippen LogP contribution >= 0.6 is 45.2 Å². The first-order chi connectivity index (χ1) is 14.9. The van der Waals surface area contributed by atoms with E-state index in [1.807, 2.05) is 81.6 Å². The van der Waals surface area contributed by atoms with Gasteiger partial charge in [-0.2, -0.15) is 5.10 Å². The van der Waals surface area contributed by atoms with Crippen molar-refractivity contribution in [2.75, 3.05) is 0 Å². The molecule has 0 spiro atoms. The van der Waals surface area contributed by atoms with Gasteiger partial charge in [0.15, 0.2) is 0 Å². The second kappa shape index (κ2) is 11.2. The number of hydrogen-bond acceptors (Lipinski definition) is 4. The predicted octanol–water partition coefficient (Wildman–Crippen LogP) is 4.61. The second-order valence-corrected chi connectivity index (χ2v) is 8.96. The number of aromatic hydroxyl groups is 1. The van der Waals surface area contributed by atoms with Crippen LogP contribution in [0, 0.1) is 7.14 Å². The molecular formula is C23H19I2N3O3. The summed E-state index contributed by atoms with van der Waals surface area (Å²) in [5.74, 6) is -0.358. The van der Waals surface area contributed by atoms with Gasteiger partial charge in [0.25, 0.3) is 5.91 Å². The van der Waals surface area contributed by atoms with Crippen molar-refractivity contribution in [3.05, 3.63) is 96.6 Å². The van der Waals surface area contributed by atoms with Crippen LogP contribution < -0.4 is 10.7 Å². The molecule has 0 saturated carbocycles. The van der Waals surface area contributed by atoms with Crippen LogP contribution in [-0.4, -0.2) is 23.1 Å². The molecular weight excluding hydrogens is 620 g/mol. The number of nitrogens with zero attached hydrogens (tertiary/aromatic N) is 1. The normalized spacial score (nSPS) is 11.8. The number of halogens is 2. The Kier molecular flexibility index (Phi) is 8.41. The van der Waals surface area contributed by atoms with Crippen LogP contribution in [-0.2, 0) is 4.79 Å². The average molecular weight is 639 g/mol. The Hall–Kier alpha value is -2.47. The third-order valence-corrected chi connectivity index (χ3v) is 6.02. The topological polar surface area (TPSA) is 90.8 Å². The Labute approximate surface area is 207 Å². The van der Waals surface area contributed by atoms with E-state index in [1.165, 1.54) is 6.21 Å². The molecule has 158 valence electrons. The van der Waals surface area contributed by atoms with Crippen molar-refractivity contribution in [2.24, 2.45) is 5.10 Å². The van der Waals surface area contributed by atoms with Gasteiger partial charge in [-0.05, 0) is 80.6 Å². The summed E-state index contributed by atoms with van der Waals surface area (Å²) in [4.78, 5) is 25.1. The highest BCUT2D eigenvalue weighted by atomic mass is 127. The molecule has 1 atom stereocenters. The number of rotatable bonds is 7. The number of amides is 2. The van der Waals surface area contributed by atoms with Crippen molar-refractivity contribution in [2.45, 2.75) is 12.5 Å². The maximum Gasteiger partial charge on any atom is 0.251 e. The van der Waals surface area contributed by atoms with E-state index in [-0.39, 0.29) is 24.0 Å². The van der Waals surface area contributed by atoms with Gasteiger partial charge in [-0.1, -0.05) is 48.5 Å². The molecule has 31 heavy (non-hydrogen) atoms. The number of carbonyl (C=O) groups excluding carboxylic acids is 2. The fraction of sp³-hybridized carbons (Fsp3) is 0.0870. The smallest absolute Gasteiger partial charge is 0.251 e. The lowest BCUT2D eigenvalue weighted by atomic mass is 10.0. The third kappa shape index (κ3) is 6.76. The van der Waals surface area contributed by atoms with Crippen LogP contribution in [0.1, 0.15) is 33.9 Å². The minimum Gasteiger partial charge on any atom is -0.506 e. The molecule has 0 unspecified atom stereocenters. The first-order valence-electron chi connectivity index (χ1n) is 9.35. The van der Waals surface area contributed by atoms with E-state index in [2.05, 4.69) is 15.8 Å². The zero-order chi connectivity index (χ0) is 22.2. The van der Waals surface area contributed by atoms with Crippen LogP contribution in [0.4, 0.5) is 0 Å². The summed E-state index contributed by atoms with van der Waals surface area (Å²) in [6.07, 6.45) is 1.55. The minimum absolute atomic E-state index is 0.0323. The molecule has 0 aromatic heterocycles. The van der Waals surface area contributed by atoms with Gasteiger partial charge < -0.3 is 10.4 Å². The number of nitrogens with one attached hydrogen (secondary N) is 2. The van der Waals surface area contributed by atoms with Crippen molar-refractivity contribution in [3.8, 4) is 5.75 Å². The predicted molar refractivity (Wildman–Crippen MR) is 137 cm³/mol. The van der Waals surface area contributed by atoms with Crippen molar-refractivity contribution in [3.63, 3.8) is 0 Å². The number of phenols is 1. The summed E-state index contributed by atoms with van der Waals surface area (Å²) in [5.41, 5.74) is 4.62. The van der Waals surface area contributed by atoms with E-state index < -0.39 is 6.04 Å². The quantitative estimate of drug-likeness (QED) is 0.201. The molecule has 0 fully saturated rings. The minimum atomic E-state index is -0.500. The van der Waals surface area contributed by atoms with Gasteiger partial charge in [-0.3, -0.25) is 9.59 Å². The van der Waals surface area contributed by atoms with Gasteiger partial charge >= 0.3 is 0 Å². The fourth-order valence-electron chi connectivity index (χ4n) is 2.84. The fourth-order valence-corrected chi connectivity index (χ4v) is 4.65. The first-order valence-corrected chi connectivity index (χ1v) is 11.5. The van der Waals surface area contributed by atoms with E-state index >= 15 is 0 Å². The zero-order valence-corrected chi connectivity index (χ0v) is 20.6. The van der Waals surface area contributed by atoms with Crippen molar-refractivity contribution in [1.82, 2.24) is 10.7 Å². The Balaban J connectivity index is 1.68. The Bertz CT molecular complexity index is 1070. The summed E-state index contributed by atoms with van der Waals surface area (Å²) < 4.78 is 1.40. The Morgan fingerprint density at radius 2 is 1.55 bits per heavy atom. The lowest BCUT2D eigenvalue weighted by Crippen LogP contribution is -2.32. The van der Waals surface area contributed by atoms with Gasteiger partial charge in [-0.15, -0.1) is 0 Å². The van der Waals surface area contributed by atoms with Gasteiger partial charge in [0, 0.05) is 5.56 Å². The second-order valence-electron chi connectivity index (χ2n) is 6.63. The molecule has 3 N–H and O–H groups in total. The maximum absolute atomic E-state index is 12.6. The SMILES string of the molecule is O=C(C[C@@H](NC(=O)c1ccccc1)c1ccccc1)N/N=C\c1cc(I)c(O)c(I)c1. The van der Waals surface area contributed by atoms with Crippen LogP contribution in [0.15, 0.2) is 77.9 Å². The molecule has 8 heteroatoms. The molecule has 0 aliphatic rings. The van der Waals surface area contributed by atoms with E-state index in [1.54, 1.807) is 36.4 Å². The van der Waals surface area contributed by atoms with Gasteiger partial charge in [0.2, 0.25) is 5.91 Å². The monoisotopic (exact) mass is 639 g/mol. The lowest BCUT2D eigenvalue weighted by Gasteiger charge is -2.18. The van der Waals surface area contributed by atoms with Crippen molar-refractivity contribution < 1.29 is 14.7 Å². The molecule has 3 aromatic rings. The number of hydrogen-bond donors (Lipinski definition) is 3. The molecule has 0 aliphatic heterocycles. The van der Waals surface area contributed by atoms with Crippen molar-refractivity contribution >= 4 is 63.2 Å². The Morgan fingerprint density at radius 3 is 2.16 bits per heavy atom. The number of phenolic OH excluding ortho intramolecular Hbond substituents is 1. The number of hydrazone groups is 1. The number of carbonyl (C=O) groups is 2. The molecule has 3 rings (SSSR count). The third-order valence-electron chi connectivity index (χ3n) is 4.37. The highest BCUT2D eigenvalue weighted by Crippen LogP contribution is 2.26. The molecule has 2 amide bonds. The molecule has 0 heterocycles. The summed E-state index contributed by atoms with van der Waals surface area (Å²) >= 11 is 4.07. The molecule has 0 aliphatic carbocycles. The van der Waals surface area contributed by atoms with Crippen LogP contribution in [0.5, 0.6) is 5.75 Å². The van der Waals surface area contributed by atoms with Crippen LogP contribution in [0.25, 0.3) is 0 Å². The van der Waals surface area contributed by atoms with E-state index in [0.717, 1.165) is 11.1 Å². The summed E-state index contributed by atoms with van der Waals surface area (Å²) in [6.45, 7) is 0. The lowest BCUT2D eigenvalue weighted by molar-refractivity contribution is -0.121. The highest BCUT2D eigenvalue weighted by molar-refractivity contribution is 14.1. The molecule has 0 bridgehead atoms. The van der Waals surface area contributed by atoms with E-state index in [4.69, 9.17) is 0 Å². The van der Waals surface area contributed by atoms with E-state index in [0.29, 0.717) is 12.7 Å². The number of benzene rings is 3. The maximum atomic E-state index is 12.6. The van der Waals surface area contributed by atoms with Crippen LogP contribution in [0.3, 0.4) is 0 Å². The Morgan fingerprint density at radius 1 is 0.968 bits per heavy atom. The average Bonchev–Trinajstić information content (AvgIpc) is 2.78. The first kappa shape index (κ1) is 23.2. The molecule has 0 radical (unpaired) electrons. The van der Waals surface area contributed by atoms with Crippen molar-refractivity contribution in [1.29, 1.82) is 0 Å². The standard InChI is InChI=1S/C23H19I2N3O3/c24-18-11-15(12-19(25)22(18)30)14-26-28-21(29)13-20(16-7-3-1-4-8-16)27-23(31)17-9-5-2-6-10-17/h1-12,14,20,30H,13H2,(H,27,31)(H,28,29)/b26-14-/t20-/m1/s1. The molecule has 0 saturated heterocycles. The van der Waals surface area contributed by atoms with E-state index in [9.17, 15) is 14.7 Å². The van der Waals surface area contributed by atoms with Gasteiger partial charge in [0.1, 0.15) is 5.75 Å².